The maximum atomic E-state index is 14.5. The highest BCUT2D eigenvalue weighted by Gasteiger charge is 2.31. The summed E-state index contributed by atoms with van der Waals surface area (Å²) in [6.07, 6.45) is 2.36. The van der Waals surface area contributed by atoms with Crippen molar-refractivity contribution in [3.63, 3.8) is 0 Å². The van der Waals surface area contributed by atoms with Gasteiger partial charge in [-0.25, -0.2) is 8.78 Å². The number of nitrogens with zero attached hydrogens (tertiary/aromatic N) is 1. The second kappa shape index (κ2) is 7.88. The number of fused-ring (bicyclic) bond motifs is 1. The van der Waals surface area contributed by atoms with Crippen molar-refractivity contribution in [3.05, 3.63) is 80.3 Å². The Balaban J connectivity index is 1.59. The van der Waals surface area contributed by atoms with Crippen LogP contribution in [0.3, 0.4) is 0 Å². The molecule has 1 aromatic heterocycles. The summed E-state index contributed by atoms with van der Waals surface area (Å²) >= 11 is 6.94. The molecular formula is C20H14ClF2N3O2S. The van der Waals surface area contributed by atoms with Gasteiger partial charge in [0.1, 0.15) is 16.5 Å². The van der Waals surface area contributed by atoms with Gasteiger partial charge in [0.25, 0.3) is 11.8 Å². The summed E-state index contributed by atoms with van der Waals surface area (Å²) in [5.74, 6) is -1.86. The largest absolute Gasteiger partial charge is 0.344 e. The smallest absolute Gasteiger partial charge is 0.263 e. The SMILES string of the molecule is O=C(NC1CCc2c(C(=O)Nc3ccc(F)c(Cl)c3)ccc(F)c21)c1cncs1. The summed E-state index contributed by atoms with van der Waals surface area (Å²) in [5.41, 5.74) is 3.03. The molecule has 9 heteroatoms. The number of hydrogen-bond acceptors (Lipinski definition) is 4. The number of carbonyl (C=O) groups excluding carboxylic acids is 2. The molecule has 0 fully saturated rings. The van der Waals surface area contributed by atoms with Gasteiger partial charge in [0.2, 0.25) is 0 Å². The van der Waals surface area contributed by atoms with Crippen LogP contribution in [0.1, 0.15) is 43.6 Å². The highest BCUT2D eigenvalue weighted by molar-refractivity contribution is 7.11. The van der Waals surface area contributed by atoms with Crippen LogP contribution in [0, 0.1) is 11.6 Å². The number of aromatic nitrogens is 1. The molecule has 3 aromatic rings. The zero-order valence-corrected chi connectivity index (χ0v) is 16.4. The van der Waals surface area contributed by atoms with Crippen molar-refractivity contribution < 1.29 is 18.4 Å². The lowest BCUT2D eigenvalue weighted by molar-refractivity contribution is 0.0939. The lowest BCUT2D eigenvalue weighted by Gasteiger charge is -2.15. The number of thiazole rings is 1. The van der Waals surface area contributed by atoms with E-state index >= 15 is 0 Å². The summed E-state index contributed by atoms with van der Waals surface area (Å²) in [6.45, 7) is 0. The van der Waals surface area contributed by atoms with Crippen LogP contribution >= 0.6 is 22.9 Å². The third-order valence-electron chi connectivity index (χ3n) is 4.72. The van der Waals surface area contributed by atoms with Crippen molar-refractivity contribution in [2.45, 2.75) is 18.9 Å². The number of benzene rings is 2. The quantitative estimate of drug-likeness (QED) is 0.624. The van der Waals surface area contributed by atoms with Gasteiger partial charge in [-0.05, 0) is 48.7 Å². The van der Waals surface area contributed by atoms with Crippen molar-refractivity contribution >= 4 is 40.4 Å². The molecule has 0 aliphatic heterocycles. The number of amides is 2. The van der Waals surface area contributed by atoms with Crippen LogP contribution in [0.5, 0.6) is 0 Å². The Morgan fingerprint density at radius 2 is 1.93 bits per heavy atom. The van der Waals surface area contributed by atoms with E-state index in [1.54, 1.807) is 5.51 Å². The second-order valence-corrected chi connectivity index (χ2v) is 7.79. The Hall–Kier alpha value is -2.84. The van der Waals surface area contributed by atoms with Crippen LogP contribution in [0.25, 0.3) is 0 Å². The highest BCUT2D eigenvalue weighted by Crippen LogP contribution is 2.36. The van der Waals surface area contributed by atoms with E-state index in [4.69, 9.17) is 11.6 Å². The number of hydrogen-bond donors (Lipinski definition) is 2. The van der Waals surface area contributed by atoms with Crippen molar-refractivity contribution in [1.29, 1.82) is 0 Å². The number of carbonyl (C=O) groups is 2. The number of anilines is 1. The Morgan fingerprint density at radius 3 is 2.66 bits per heavy atom. The molecule has 0 spiro atoms. The zero-order valence-electron chi connectivity index (χ0n) is 14.8. The topological polar surface area (TPSA) is 71.1 Å². The molecule has 2 amide bonds. The van der Waals surface area contributed by atoms with Gasteiger partial charge < -0.3 is 10.6 Å². The Morgan fingerprint density at radius 1 is 1.14 bits per heavy atom. The Bertz CT molecular complexity index is 1110. The summed E-state index contributed by atoms with van der Waals surface area (Å²) in [7, 11) is 0. The van der Waals surface area contributed by atoms with E-state index < -0.39 is 23.6 Å². The van der Waals surface area contributed by atoms with E-state index in [1.165, 1.54) is 41.8 Å². The van der Waals surface area contributed by atoms with Crippen molar-refractivity contribution in [2.75, 3.05) is 5.32 Å². The fourth-order valence-corrected chi connectivity index (χ4v) is 4.11. The molecule has 2 N–H and O–H groups in total. The predicted molar refractivity (Wildman–Crippen MR) is 106 cm³/mol. The van der Waals surface area contributed by atoms with Gasteiger partial charge in [0.05, 0.1) is 22.8 Å². The third kappa shape index (κ3) is 3.86. The molecule has 0 radical (unpaired) electrons. The van der Waals surface area contributed by atoms with Crippen LogP contribution in [-0.2, 0) is 6.42 Å². The summed E-state index contributed by atoms with van der Waals surface area (Å²) in [5, 5.41) is 5.34. The van der Waals surface area contributed by atoms with E-state index in [-0.39, 0.29) is 10.9 Å². The number of halogens is 3. The van der Waals surface area contributed by atoms with Crippen LogP contribution in [0.15, 0.2) is 42.0 Å². The van der Waals surface area contributed by atoms with Gasteiger partial charge in [-0.1, -0.05) is 11.6 Å². The van der Waals surface area contributed by atoms with Crippen LogP contribution in [0.2, 0.25) is 5.02 Å². The minimum absolute atomic E-state index is 0.113. The van der Waals surface area contributed by atoms with Gasteiger partial charge in [-0.2, -0.15) is 0 Å². The van der Waals surface area contributed by atoms with E-state index in [9.17, 15) is 18.4 Å². The first-order chi connectivity index (χ1) is 13.9. The molecule has 1 aliphatic carbocycles. The minimum atomic E-state index is -0.591. The molecule has 0 bridgehead atoms. The Kier molecular flexibility index (Phi) is 5.29. The average Bonchev–Trinajstić information content (AvgIpc) is 3.36. The monoisotopic (exact) mass is 433 g/mol. The normalized spacial score (nSPS) is 15.1. The molecule has 0 saturated carbocycles. The van der Waals surface area contributed by atoms with E-state index in [0.29, 0.717) is 40.1 Å². The van der Waals surface area contributed by atoms with Gasteiger partial charge in [-0.15, -0.1) is 11.3 Å². The zero-order chi connectivity index (χ0) is 20.5. The van der Waals surface area contributed by atoms with E-state index in [0.717, 1.165) is 6.07 Å². The van der Waals surface area contributed by atoms with Crippen LogP contribution in [-0.4, -0.2) is 16.8 Å². The Labute approximate surface area is 173 Å². The lowest BCUT2D eigenvalue weighted by Crippen LogP contribution is -2.27. The molecule has 2 aromatic carbocycles. The molecule has 1 atom stereocenters. The fourth-order valence-electron chi connectivity index (χ4n) is 3.40. The number of rotatable bonds is 4. The highest BCUT2D eigenvalue weighted by atomic mass is 35.5. The summed E-state index contributed by atoms with van der Waals surface area (Å²) in [4.78, 5) is 29.3. The molecular weight excluding hydrogens is 420 g/mol. The molecule has 29 heavy (non-hydrogen) atoms. The number of nitrogens with one attached hydrogen (secondary N) is 2. The van der Waals surface area contributed by atoms with Crippen LogP contribution in [0.4, 0.5) is 14.5 Å². The first kappa shape index (κ1) is 19.5. The first-order valence-electron chi connectivity index (χ1n) is 8.71. The van der Waals surface area contributed by atoms with Crippen molar-refractivity contribution in [3.8, 4) is 0 Å². The standard InChI is InChI=1S/C20H14ClF2N3O2S/c21-13-7-10(1-4-14(13)22)25-19(27)12-2-5-15(23)18-11(12)3-6-16(18)26-20(28)17-8-24-9-29-17/h1-2,4-5,7-9,16H,3,6H2,(H,25,27)(H,26,28). The molecule has 1 heterocycles. The van der Waals surface area contributed by atoms with Crippen molar-refractivity contribution in [1.82, 2.24) is 10.3 Å². The van der Waals surface area contributed by atoms with Gasteiger partial charge >= 0.3 is 0 Å². The summed E-state index contributed by atoms with van der Waals surface area (Å²) < 4.78 is 27.9. The molecule has 148 valence electrons. The van der Waals surface area contributed by atoms with Crippen molar-refractivity contribution in [2.24, 2.45) is 0 Å². The lowest BCUT2D eigenvalue weighted by atomic mass is 10.0. The maximum absolute atomic E-state index is 14.5. The van der Waals surface area contributed by atoms with Gasteiger partial charge in [0, 0.05) is 16.8 Å². The molecule has 4 rings (SSSR count). The molecule has 5 nitrogen and oxygen atoms in total. The van der Waals surface area contributed by atoms with E-state index in [1.807, 2.05) is 0 Å². The molecule has 0 saturated heterocycles. The van der Waals surface area contributed by atoms with Crippen LogP contribution < -0.4 is 10.6 Å². The molecule has 1 aliphatic rings. The fraction of sp³-hybridized carbons (Fsp3) is 0.150. The molecule has 1 unspecified atom stereocenters. The van der Waals surface area contributed by atoms with Gasteiger partial charge in [0.15, 0.2) is 0 Å². The minimum Gasteiger partial charge on any atom is -0.344 e. The second-order valence-electron chi connectivity index (χ2n) is 6.50. The predicted octanol–water partition coefficient (Wildman–Crippen LogP) is 4.74. The maximum Gasteiger partial charge on any atom is 0.263 e. The first-order valence-corrected chi connectivity index (χ1v) is 9.97. The van der Waals surface area contributed by atoms with E-state index in [2.05, 4.69) is 15.6 Å². The average molecular weight is 434 g/mol. The van der Waals surface area contributed by atoms with Gasteiger partial charge in [-0.3, -0.25) is 14.6 Å². The third-order valence-corrected chi connectivity index (χ3v) is 5.78. The summed E-state index contributed by atoms with van der Waals surface area (Å²) in [6, 6.07) is 5.92.